The molecule has 1 saturated heterocycles. The zero-order valence-corrected chi connectivity index (χ0v) is 20.5. The van der Waals surface area contributed by atoms with Crippen molar-refractivity contribution in [3.63, 3.8) is 0 Å². The van der Waals surface area contributed by atoms with Crippen molar-refractivity contribution in [1.82, 2.24) is 19.4 Å². The van der Waals surface area contributed by atoms with Crippen molar-refractivity contribution in [3.8, 4) is 5.75 Å². The van der Waals surface area contributed by atoms with E-state index in [4.69, 9.17) is 9.47 Å². The number of methoxy groups -OCH3 is 1. The lowest BCUT2D eigenvalue weighted by Crippen LogP contribution is -2.40. The summed E-state index contributed by atoms with van der Waals surface area (Å²) in [6, 6.07) is 5.95. The van der Waals surface area contributed by atoms with Crippen LogP contribution in [0.3, 0.4) is 0 Å². The fourth-order valence-corrected chi connectivity index (χ4v) is 5.13. The summed E-state index contributed by atoms with van der Waals surface area (Å²) in [5.41, 5.74) is 0.00325. The Labute approximate surface area is 206 Å². The molecule has 1 fully saturated rings. The highest BCUT2D eigenvalue weighted by atomic mass is 19.3. The maximum atomic E-state index is 14.2. The largest absolute Gasteiger partial charge is 0.486 e. The van der Waals surface area contributed by atoms with E-state index in [2.05, 4.69) is 15.3 Å². The molecule has 0 saturated carbocycles. The third-order valence-corrected chi connectivity index (χ3v) is 7.22. The smallest absolute Gasteiger partial charge is 0.310 e. The number of halogens is 2. The lowest BCUT2D eigenvalue weighted by atomic mass is 9.92. The molecule has 2 atom stereocenters. The summed E-state index contributed by atoms with van der Waals surface area (Å²) in [4.78, 5) is 35.7. The molecule has 2 aromatic heterocycles. The van der Waals surface area contributed by atoms with Crippen molar-refractivity contribution in [2.24, 2.45) is 7.05 Å². The van der Waals surface area contributed by atoms with Gasteiger partial charge in [0, 0.05) is 39.6 Å². The number of nitrogens with zero attached hydrogens (tertiary/aromatic N) is 4. The van der Waals surface area contributed by atoms with Gasteiger partial charge in [-0.25, -0.2) is 9.97 Å². The summed E-state index contributed by atoms with van der Waals surface area (Å²) in [7, 11) is 3.15. The number of aryl methyl sites for hydroxylation is 1. The number of fused-ring (bicyclic) bond motifs is 2. The lowest BCUT2D eigenvalue weighted by molar-refractivity contribution is -0.129. The lowest BCUT2D eigenvalue weighted by Gasteiger charge is -2.28. The van der Waals surface area contributed by atoms with Gasteiger partial charge in [0.05, 0.1) is 29.1 Å². The van der Waals surface area contributed by atoms with Crippen LogP contribution in [-0.4, -0.2) is 52.1 Å². The fraction of sp³-hybridized carbons (Fsp3) is 0.440. The average Bonchev–Trinajstić information content (AvgIpc) is 3.43. The van der Waals surface area contributed by atoms with Crippen molar-refractivity contribution in [2.45, 2.75) is 37.8 Å². The topological polar surface area (TPSA) is 98.6 Å². The molecule has 1 aromatic carbocycles. The molecule has 0 spiro atoms. The number of anilines is 1. The predicted octanol–water partition coefficient (Wildman–Crippen LogP) is 3.08. The number of benzene rings is 1. The minimum absolute atomic E-state index is 0.0887. The van der Waals surface area contributed by atoms with Gasteiger partial charge >= 0.3 is 5.92 Å². The Bertz CT molecular complexity index is 1430. The molecule has 3 aromatic rings. The van der Waals surface area contributed by atoms with Crippen LogP contribution in [0.2, 0.25) is 0 Å². The molecule has 5 rings (SSSR count). The number of aromatic nitrogens is 3. The number of amides is 1. The molecule has 11 heteroatoms. The van der Waals surface area contributed by atoms with E-state index >= 15 is 0 Å². The number of hydrogen-bond acceptors (Lipinski definition) is 7. The summed E-state index contributed by atoms with van der Waals surface area (Å²) >= 11 is 0. The molecular weight excluding hydrogens is 472 g/mol. The first-order valence-corrected chi connectivity index (χ1v) is 11.6. The maximum Gasteiger partial charge on any atom is 0.310 e. The number of rotatable bonds is 5. The molecule has 0 bridgehead atoms. The van der Waals surface area contributed by atoms with Crippen LogP contribution in [0, 0.1) is 0 Å². The predicted molar refractivity (Wildman–Crippen MR) is 128 cm³/mol. The Balaban J connectivity index is 1.58. The molecule has 0 aliphatic carbocycles. The summed E-state index contributed by atoms with van der Waals surface area (Å²) in [6.07, 6.45) is 1.81. The molecule has 4 heterocycles. The van der Waals surface area contributed by atoms with Crippen molar-refractivity contribution >= 4 is 22.8 Å². The second kappa shape index (κ2) is 8.51. The van der Waals surface area contributed by atoms with E-state index < -0.39 is 24.2 Å². The van der Waals surface area contributed by atoms with Crippen LogP contribution in [-0.2, 0) is 28.1 Å². The van der Waals surface area contributed by atoms with Crippen LogP contribution in [0.25, 0.3) is 11.0 Å². The maximum absolute atomic E-state index is 14.2. The molecule has 2 aliphatic heterocycles. The van der Waals surface area contributed by atoms with E-state index in [-0.39, 0.29) is 29.3 Å². The van der Waals surface area contributed by atoms with Gasteiger partial charge in [-0.15, -0.1) is 0 Å². The van der Waals surface area contributed by atoms with Crippen LogP contribution in [0.15, 0.2) is 35.4 Å². The summed E-state index contributed by atoms with van der Waals surface area (Å²) < 4.78 is 41.0. The number of alkyl halides is 2. The van der Waals surface area contributed by atoms with Gasteiger partial charge in [0.1, 0.15) is 29.1 Å². The number of ether oxygens (including phenoxy) is 2. The molecule has 1 N–H and O–H groups in total. The number of nitrogens with one attached hydrogen (secondary N) is 1. The van der Waals surface area contributed by atoms with Crippen molar-refractivity contribution < 1.29 is 23.0 Å². The van der Waals surface area contributed by atoms with Crippen LogP contribution in [0.4, 0.5) is 14.6 Å². The monoisotopic (exact) mass is 499 g/mol. The first-order valence-electron chi connectivity index (χ1n) is 11.6. The van der Waals surface area contributed by atoms with E-state index in [0.717, 1.165) is 0 Å². The Morgan fingerprint density at radius 1 is 1.28 bits per heavy atom. The number of carbonyl (C=O) groups excluding carboxylic acids is 1. The average molecular weight is 500 g/mol. The fourth-order valence-electron chi connectivity index (χ4n) is 5.13. The van der Waals surface area contributed by atoms with Gasteiger partial charge in [0.2, 0.25) is 5.91 Å². The van der Waals surface area contributed by atoms with Gasteiger partial charge in [0.15, 0.2) is 6.61 Å². The first-order chi connectivity index (χ1) is 17.1. The van der Waals surface area contributed by atoms with E-state index in [1.54, 1.807) is 30.1 Å². The van der Waals surface area contributed by atoms with Crippen LogP contribution >= 0.6 is 0 Å². The number of hydrogen-bond donors (Lipinski definition) is 1. The van der Waals surface area contributed by atoms with Gasteiger partial charge in [-0.2, -0.15) is 8.78 Å². The van der Waals surface area contributed by atoms with E-state index in [0.29, 0.717) is 40.9 Å². The van der Waals surface area contributed by atoms with Crippen molar-refractivity contribution in [1.29, 1.82) is 0 Å². The zero-order chi connectivity index (χ0) is 25.8. The normalized spacial score (nSPS) is 21.3. The minimum atomic E-state index is -3.04. The number of likely N-dealkylation sites (tertiary alicyclic amines) is 1. The summed E-state index contributed by atoms with van der Waals surface area (Å²) in [5, 5.41) is 3.85. The van der Waals surface area contributed by atoms with Gasteiger partial charge in [-0.3, -0.25) is 14.2 Å². The number of carbonyl (C=O) groups is 1. The third kappa shape index (κ3) is 3.69. The molecule has 2 aliphatic rings. The Morgan fingerprint density at radius 3 is 2.75 bits per heavy atom. The van der Waals surface area contributed by atoms with Crippen LogP contribution in [0.1, 0.15) is 43.0 Å². The Hall–Kier alpha value is -3.60. The van der Waals surface area contributed by atoms with E-state index in [1.165, 1.54) is 31.0 Å². The van der Waals surface area contributed by atoms with Gasteiger partial charge in [-0.05, 0) is 19.1 Å². The molecule has 36 heavy (non-hydrogen) atoms. The SMILES string of the molecule is CO[C@@]1(c2cc3c(N[C@H](C)c4cccc5c4OCC5(F)F)ncnc3n(C)c2=O)CCN(C(C)=O)C1. The van der Waals surface area contributed by atoms with E-state index in [1.807, 2.05) is 6.92 Å². The molecule has 0 unspecified atom stereocenters. The molecule has 0 radical (unpaired) electrons. The van der Waals surface area contributed by atoms with Crippen LogP contribution in [0.5, 0.6) is 5.75 Å². The van der Waals surface area contributed by atoms with Crippen LogP contribution < -0.4 is 15.6 Å². The highest BCUT2D eigenvalue weighted by Crippen LogP contribution is 2.45. The Morgan fingerprint density at radius 2 is 2.06 bits per heavy atom. The second-order valence-electron chi connectivity index (χ2n) is 9.35. The number of pyridine rings is 1. The van der Waals surface area contributed by atoms with Gasteiger partial charge in [0.25, 0.3) is 5.56 Å². The van der Waals surface area contributed by atoms with Gasteiger partial charge in [-0.1, -0.05) is 12.1 Å². The highest BCUT2D eigenvalue weighted by molar-refractivity contribution is 5.87. The highest BCUT2D eigenvalue weighted by Gasteiger charge is 2.44. The minimum Gasteiger partial charge on any atom is -0.486 e. The van der Waals surface area contributed by atoms with Crippen molar-refractivity contribution in [3.05, 3.63) is 57.6 Å². The molecular formula is C25H27F2N5O4. The molecule has 190 valence electrons. The molecule has 9 nitrogen and oxygen atoms in total. The summed E-state index contributed by atoms with van der Waals surface area (Å²) in [5.74, 6) is -2.53. The zero-order valence-electron chi connectivity index (χ0n) is 20.5. The molecule has 1 amide bonds. The number of para-hydroxylation sites is 1. The second-order valence-corrected chi connectivity index (χ2v) is 9.35. The van der Waals surface area contributed by atoms with Crippen molar-refractivity contribution in [2.75, 3.05) is 32.1 Å². The van der Waals surface area contributed by atoms with E-state index in [9.17, 15) is 18.4 Å². The van der Waals surface area contributed by atoms with Gasteiger partial charge < -0.3 is 19.7 Å². The quantitative estimate of drug-likeness (QED) is 0.576. The Kier molecular flexibility index (Phi) is 5.70. The standard InChI is InChI=1S/C25H27F2N5O4/c1-14(16-6-5-7-18-20(16)36-12-25(18,26)27)30-21-17-10-19(23(34)31(3)22(17)29-13-28-21)24(35-4)8-9-32(11-24)15(2)33/h5-7,10,13-14H,8-9,11-12H2,1-4H3,(H,28,29,30)/t14-,24+/m1/s1. The first kappa shape index (κ1) is 24.1. The third-order valence-electron chi connectivity index (χ3n) is 7.22. The summed E-state index contributed by atoms with van der Waals surface area (Å²) in [6.45, 7) is 3.35.